The summed E-state index contributed by atoms with van der Waals surface area (Å²) < 4.78 is 5.25. The molecule has 3 heteroatoms. The molecule has 0 spiro atoms. The minimum absolute atomic E-state index is 0.249. The Morgan fingerprint density at radius 3 is 2.57 bits per heavy atom. The van der Waals surface area contributed by atoms with Gasteiger partial charge in [-0.1, -0.05) is 13.0 Å². The quantitative estimate of drug-likeness (QED) is 0.597. The van der Waals surface area contributed by atoms with Crippen molar-refractivity contribution in [1.82, 2.24) is 4.90 Å². The summed E-state index contributed by atoms with van der Waals surface area (Å²) in [6.07, 6.45) is 4.62. The zero-order valence-corrected chi connectivity index (χ0v) is 9.41. The van der Waals surface area contributed by atoms with Gasteiger partial charge in [-0.05, 0) is 33.1 Å². The summed E-state index contributed by atoms with van der Waals surface area (Å²) >= 11 is 0. The number of rotatable bonds is 0. The lowest BCUT2D eigenvalue weighted by molar-refractivity contribution is 0.0321. The lowest BCUT2D eigenvalue weighted by atomic mass is 10.1. The van der Waals surface area contributed by atoms with Crippen LogP contribution in [0.1, 0.15) is 34.1 Å². The summed E-state index contributed by atoms with van der Waals surface area (Å²) in [5.41, 5.74) is -0.409. The van der Waals surface area contributed by atoms with Crippen LogP contribution in [0.5, 0.6) is 0 Å². The molecule has 0 N–H and O–H groups in total. The molecule has 3 nitrogen and oxygen atoms in total. The fourth-order valence-electron chi connectivity index (χ4n) is 1.24. The highest BCUT2D eigenvalue weighted by molar-refractivity contribution is 5.69. The molecule has 1 atom stereocenters. The number of ether oxygens (including phenoxy) is 1. The van der Waals surface area contributed by atoms with Gasteiger partial charge in [0.15, 0.2) is 0 Å². The lowest BCUT2D eigenvalue weighted by Gasteiger charge is -2.28. The SMILES string of the molecule is C[C@H]1C=CN(C(=O)OC(C)(C)C)CC1. The minimum Gasteiger partial charge on any atom is -0.443 e. The third-order valence-corrected chi connectivity index (χ3v) is 2.05. The van der Waals surface area contributed by atoms with E-state index in [2.05, 4.69) is 6.92 Å². The molecule has 0 aromatic carbocycles. The van der Waals surface area contributed by atoms with Crippen molar-refractivity contribution in [3.63, 3.8) is 0 Å². The molecule has 0 saturated heterocycles. The molecule has 1 rings (SSSR count). The minimum atomic E-state index is -0.409. The molecule has 1 aliphatic rings. The van der Waals surface area contributed by atoms with Crippen molar-refractivity contribution in [2.75, 3.05) is 6.54 Å². The third-order valence-electron chi connectivity index (χ3n) is 2.05. The summed E-state index contributed by atoms with van der Waals surface area (Å²) in [6, 6.07) is 0. The van der Waals surface area contributed by atoms with Gasteiger partial charge in [-0.25, -0.2) is 4.79 Å². The fourth-order valence-corrected chi connectivity index (χ4v) is 1.24. The van der Waals surface area contributed by atoms with E-state index in [0.29, 0.717) is 5.92 Å². The molecule has 1 amide bonds. The maximum absolute atomic E-state index is 11.6. The Labute approximate surface area is 85.7 Å². The fraction of sp³-hybridized carbons (Fsp3) is 0.727. The standard InChI is InChI=1S/C11H19NO2/c1-9-5-7-12(8-6-9)10(13)14-11(2,3)4/h5,7,9H,6,8H2,1-4H3/t9-/m0/s1. The molecule has 80 valence electrons. The van der Waals surface area contributed by atoms with Crippen molar-refractivity contribution in [2.24, 2.45) is 5.92 Å². The van der Waals surface area contributed by atoms with Crippen LogP contribution in [-0.4, -0.2) is 23.1 Å². The molecular weight excluding hydrogens is 178 g/mol. The van der Waals surface area contributed by atoms with Crippen molar-refractivity contribution in [3.05, 3.63) is 12.3 Å². The Bertz CT molecular complexity index is 240. The van der Waals surface area contributed by atoms with Gasteiger partial charge in [0, 0.05) is 12.7 Å². The molecule has 0 fully saturated rings. The first-order valence-electron chi connectivity index (χ1n) is 5.06. The second-order valence-corrected chi connectivity index (χ2v) is 4.78. The lowest BCUT2D eigenvalue weighted by Crippen LogP contribution is -2.35. The Kier molecular flexibility index (Phi) is 3.19. The average Bonchev–Trinajstić information content (AvgIpc) is 2.02. The van der Waals surface area contributed by atoms with E-state index in [1.807, 2.05) is 33.0 Å². The molecule has 1 heterocycles. The first-order valence-corrected chi connectivity index (χ1v) is 5.06. The van der Waals surface area contributed by atoms with Crippen LogP contribution in [0, 0.1) is 5.92 Å². The van der Waals surface area contributed by atoms with Crippen LogP contribution in [0.2, 0.25) is 0 Å². The Morgan fingerprint density at radius 1 is 1.50 bits per heavy atom. The Morgan fingerprint density at radius 2 is 2.14 bits per heavy atom. The van der Waals surface area contributed by atoms with Crippen LogP contribution >= 0.6 is 0 Å². The largest absolute Gasteiger partial charge is 0.443 e. The third kappa shape index (κ3) is 3.40. The van der Waals surface area contributed by atoms with Crippen LogP contribution in [0.25, 0.3) is 0 Å². The monoisotopic (exact) mass is 197 g/mol. The van der Waals surface area contributed by atoms with Crippen LogP contribution in [0.3, 0.4) is 0 Å². The van der Waals surface area contributed by atoms with E-state index in [-0.39, 0.29) is 6.09 Å². The first-order chi connectivity index (χ1) is 6.38. The topological polar surface area (TPSA) is 29.5 Å². The smallest absolute Gasteiger partial charge is 0.414 e. The van der Waals surface area contributed by atoms with Gasteiger partial charge in [-0.3, -0.25) is 4.90 Å². The number of nitrogens with zero attached hydrogens (tertiary/aromatic N) is 1. The van der Waals surface area contributed by atoms with Gasteiger partial charge in [-0.2, -0.15) is 0 Å². The molecule has 0 unspecified atom stereocenters. The van der Waals surface area contributed by atoms with E-state index in [1.54, 1.807) is 4.90 Å². The number of amides is 1. The predicted molar refractivity (Wildman–Crippen MR) is 55.9 cm³/mol. The van der Waals surface area contributed by atoms with Crippen LogP contribution in [0.15, 0.2) is 12.3 Å². The number of hydrogen-bond donors (Lipinski definition) is 0. The van der Waals surface area contributed by atoms with Crippen LogP contribution < -0.4 is 0 Å². The van der Waals surface area contributed by atoms with E-state index >= 15 is 0 Å². The number of allylic oxidation sites excluding steroid dienone is 1. The molecule has 0 aromatic heterocycles. The van der Waals surface area contributed by atoms with E-state index < -0.39 is 5.60 Å². The normalized spacial score (nSPS) is 22.3. The highest BCUT2D eigenvalue weighted by atomic mass is 16.6. The average molecular weight is 197 g/mol. The van der Waals surface area contributed by atoms with Gasteiger partial charge in [-0.15, -0.1) is 0 Å². The van der Waals surface area contributed by atoms with Gasteiger partial charge in [0.25, 0.3) is 0 Å². The second kappa shape index (κ2) is 4.03. The number of hydrogen-bond acceptors (Lipinski definition) is 2. The molecule has 0 radical (unpaired) electrons. The van der Waals surface area contributed by atoms with Gasteiger partial charge in [0.2, 0.25) is 0 Å². The molecule has 14 heavy (non-hydrogen) atoms. The van der Waals surface area contributed by atoms with E-state index in [1.165, 1.54) is 0 Å². The summed E-state index contributed by atoms with van der Waals surface area (Å²) in [5, 5.41) is 0. The van der Waals surface area contributed by atoms with Crippen molar-refractivity contribution < 1.29 is 9.53 Å². The highest BCUT2D eigenvalue weighted by Crippen LogP contribution is 2.16. The van der Waals surface area contributed by atoms with Crippen molar-refractivity contribution >= 4 is 6.09 Å². The highest BCUT2D eigenvalue weighted by Gasteiger charge is 2.22. The van der Waals surface area contributed by atoms with Gasteiger partial charge in [0.1, 0.15) is 5.60 Å². The molecule has 0 aliphatic carbocycles. The van der Waals surface area contributed by atoms with E-state index in [4.69, 9.17) is 4.74 Å². The van der Waals surface area contributed by atoms with E-state index in [0.717, 1.165) is 13.0 Å². The summed E-state index contributed by atoms with van der Waals surface area (Å²) in [4.78, 5) is 13.2. The van der Waals surface area contributed by atoms with Crippen molar-refractivity contribution in [1.29, 1.82) is 0 Å². The first kappa shape index (κ1) is 11.1. The van der Waals surface area contributed by atoms with Crippen LogP contribution in [0.4, 0.5) is 4.79 Å². The zero-order valence-electron chi connectivity index (χ0n) is 9.41. The summed E-state index contributed by atoms with van der Waals surface area (Å²) in [7, 11) is 0. The van der Waals surface area contributed by atoms with Crippen molar-refractivity contribution in [3.8, 4) is 0 Å². The molecule has 0 saturated carbocycles. The maximum atomic E-state index is 11.6. The molecule has 0 aromatic rings. The zero-order chi connectivity index (χ0) is 10.8. The molecule has 1 aliphatic heterocycles. The Hall–Kier alpha value is -0.990. The Balaban J connectivity index is 2.50. The number of carbonyl (C=O) groups excluding carboxylic acids is 1. The van der Waals surface area contributed by atoms with E-state index in [9.17, 15) is 4.79 Å². The molecule has 0 bridgehead atoms. The molecular formula is C11H19NO2. The maximum Gasteiger partial charge on any atom is 0.414 e. The summed E-state index contributed by atoms with van der Waals surface area (Å²) in [6.45, 7) is 8.53. The van der Waals surface area contributed by atoms with Crippen molar-refractivity contribution in [2.45, 2.75) is 39.7 Å². The van der Waals surface area contributed by atoms with Gasteiger partial charge >= 0.3 is 6.09 Å². The van der Waals surface area contributed by atoms with Gasteiger partial charge in [0.05, 0.1) is 0 Å². The number of carbonyl (C=O) groups is 1. The van der Waals surface area contributed by atoms with Gasteiger partial charge < -0.3 is 4.74 Å². The summed E-state index contributed by atoms with van der Waals surface area (Å²) in [5.74, 6) is 0.564. The second-order valence-electron chi connectivity index (χ2n) is 4.78. The van der Waals surface area contributed by atoms with Crippen LogP contribution in [-0.2, 0) is 4.74 Å². The predicted octanol–water partition coefficient (Wildman–Crippen LogP) is 2.78.